The van der Waals surface area contributed by atoms with Gasteiger partial charge in [0.2, 0.25) is 0 Å². The van der Waals surface area contributed by atoms with E-state index in [1.807, 2.05) is 17.9 Å². The number of ether oxygens (including phenoxy) is 1. The van der Waals surface area contributed by atoms with Crippen LogP contribution in [0.4, 0.5) is 13.2 Å². The van der Waals surface area contributed by atoms with Gasteiger partial charge in [0.15, 0.2) is 0 Å². The molecule has 3 aliphatic heterocycles. The molecule has 35 heavy (non-hydrogen) atoms. The summed E-state index contributed by atoms with van der Waals surface area (Å²) in [4.78, 5) is 26.0. The lowest BCUT2D eigenvalue weighted by Crippen LogP contribution is -2.44. The lowest BCUT2D eigenvalue weighted by molar-refractivity contribution is -0.192. The van der Waals surface area contributed by atoms with Crippen LogP contribution in [0.5, 0.6) is 5.75 Å². The maximum atomic E-state index is 12.8. The van der Waals surface area contributed by atoms with Crippen LogP contribution in [0, 0.1) is 12.3 Å². The number of carboxylic acids is 1. The zero-order valence-corrected chi connectivity index (χ0v) is 19.8. The minimum Gasteiger partial charge on any atom is -0.507 e. The van der Waals surface area contributed by atoms with Gasteiger partial charge in [-0.05, 0) is 63.1 Å². The highest BCUT2D eigenvalue weighted by Crippen LogP contribution is 2.43. The number of piperidine rings is 1. The molecular weight excluding hydrogens is 469 g/mol. The van der Waals surface area contributed by atoms with E-state index in [2.05, 4.69) is 4.90 Å². The summed E-state index contributed by atoms with van der Waals surface area (Å²) in [5.41, 5.74) is 1.55. The molecule has 8 nitrogen and oxygen atoms in total. The maximum Gasteiger partial charge on any atom is 0.490 e. The molecule has 196 valence electrons. The Bertz CT molecular complexity index is 902. The first-order valence-electron chi connectivity index (χ1n) is 11.8. The van der Waals surface area contributed by atoms with Gasteiger partial charge in [-0.3, -0.25) is 9.69 Å². The van der Waals surface area contributed by atoms with Crippen LogP contribution >= 0.6 is 0 Å². The molecule has 1 amide bonds. The number of nitrogens with zero attached hydrogens (tertiary/aromatic N) is 2. The zero-order chi connectivity index (χ0) is 25.8. The lowest BCUT2D eigenvalue weighted by atomic mass is 9.76. The van der Waals surface area contributed by atoms with Gasteiger partial charge in [0.1, 0.15) is 5.75 Å². The van der Waals surface area contributed by atoms with Gasteiger partial charge in [-0.1, -0.05) is 11.6 Å². The molecule has 0 aromatic heterocycles. The summed E-state index contributed by atoms with van der Waals surface area (Å²) >= 11 is 0. The SMILES string of the molecule is Cc1ccc(O)c(C(=O)N2CCC3(CC2)COC(CN2CCC[C@H]2CO)C3)c1.O=C(O)C(F)(F)F. The standard InChI is InChI=1S/C22H32N2O4.C2HF3O2/c1-16-4-5-20(26)19(11-16)21(27)23-9-6-22(7-10-23)12-18(28-15-22)13-24-8-2-3-17(24)14-25;3-2(4,5)1(6)7/h4-5,11,17-18,25-26H,2-3,6-10,12-15H2,1H3;(H,6,7)/t17-,18?;/m0./s1. The number of aryl methyl sites for hydroxylation is 1. The zero-order valence-electron chi connectivity index (χ0n) is 19.8. The summed E-state index contributed by atoms with van der Waals surface area (Å²) in [6.07, 6.45) is 0.328. The van der Waals surface area contributed by atoms with Crippen molar-refractivity contribution in [2.75, 3.05) is 39.4 Å². The van der Waals surface area contributed by atoms with Crippen molar-refractivity contribution in [3.63, 3.8) is 0 Å². The molecule has 11 heteroatoms. The van der Waals surface area contributed by atoms with Crippen molar-refractivity contribution in [2.24, 2.45) is 5.41 Å². The smallest absolute Gasteiger partial charge is 0.490 e. The number of carbonyl (C=O) groups excluding carboxylic acids is 1. The van der Waals surface area contributed by atoms with Crippen LogP contribution < -0.4 is 0 Å². The van der Waals surface area contributed by atoms with E-state index in [0.717, 1.165) is 57.4 Å². The molecule has 0 saturated carbocycles. The molecule has 1 spiro atoms. The monoisotopic (exact) mass is 502 g/mol. The Balaban J connectivity index is 0.000000429. The van der Waals surface area contributed by atoms with E-state index in [9.17, 15) is 28.2 Å². The van der Waals surface area contributed by atoms with Gasteiger partial charge in [0.05, 0.1) is 24.9 Å². The number of carbonyl (C=O) groups is 2. The van der Waals surface area contributed by atoms with Gasteiger partial charge in [0, 0.05) is 25.7 Å². The molecule has 0 radical (unpaired) electrons. The molecule has 1 aromatic carbocycles. The average Bonchev–Trinajstić information content (AvgIpc) is 3.42. The van der Waals surface area contributed by atoms with Crippen LogP contribution in [-0.4, -0.2) is 94.7 Å². The highest BCUT2D eigenvalue weighted by Gasteiger charge is 2.44. The van der Waals surface area contributed by atoms with Crippen molar-refractivity contribution in [1.29, 1.82) is 0 Å². The van der Waals surface area contributed by atoms with Crippen LogP contribution in [0.3, 0.4) is 0 Å². The quantitative estimate of drug-likeness (QED) is 0.581. The molecule has 3 saturated heterocycles. The number of likely N-dealkylation sites (tertiary alicyclic amines) is 2. The number of rotatable bonds is 4. The maximum absolute atomic E-state index is 12.8. The number of phenols is 1. The first kappa shape index (κ1) is 27.2. The van der Waals surface area contributed by atoms with Gasteiger partial charge in [-0.25, -0.2) is 4.79 Å². The van der Waals surface area contributed by atoms with Crippen LogP contribution in [-0.2, 0) is 9.53 Å². The van der Waals surface area contributed by atoms with E-state index in [4.69, 9.17) is 14.6 Å². The van der Waals surface area contributed by atoms with E-state index in [0.29, 0.717) is 24.7 Å². The Kier molecular flexibility index (Phi) is 8.66. The molecule has 2 atom stereocenters. The van der Waals surface area contributed by atoms with Crippen molar-refractivity contribution < 1.29 is 42.8 Å². The van der Waals surface area contributed by atoms with Crippen molar-refractivity contribution in [1.82, 2.24) is 9.80 Å². The molecule has 1 aromatic rings. The predicted molar refractivity (Wildman–Crippen MR) is 120 cm³/mol. The van der Waals surface area contributed by atoms with Gasteiger partial charge < -0.3 is 25.0 Å². The summed E-state index contributed by atoms with van der Waals surface area (Å²) in [7, 11) is 0. The van der Waals surface area contributed by atoms with E-state index < -0.39 is 12.1 Å². The second-order valence-corrected chi connectivity index (χ2v) is 9.73. The fourth-order valence-electron chi connectivity index (χ4n) is 5.14. The fourth-order valence-corrected chi connectivity index (χ4v) is 5.14. The van der Waals surface area contributed by atoms with E-state index in [-0.39, 0.29) is 29.8 Å². The Labute approximate surface area is 202 Å². The van der Waals surface area contributed by atoms with Gasteiger partial charge >= 0.3 is 12.1 Å². The molecule has 4 rings (SSSR count). The number of alkyl halides is 3. The molecule has 0 aliphatic carbocycles. The minimum absolute atomic E-state index is 0.0594. The summed E-state index contributed by atoms with van der Waals surface area (Å²) < 4.78 is 37.9. The van der Waals surface area contributed by atoms with Crippen LogP contribution in [0.25, 0.3) is 0 Å². The third-order valence-electron chi connectivity index (χ3n) is 7.17. The van der Waals surface area contributed by atoms with Crippen LogP contribution in [0.15, 0.2) is 18.2 Å². The Morgan fingerprint density at radius 3 is 2.46 bits per heavy atom. The average molecular weight is 503 g/mol. The van der Waals surface area contributed by atoms with Crippen LogP contribution in [0.1, 0.15) is 48.0 Å². The molecule has 3 fully saturated rings. The van der Waals surface area contributed by atoms with Gasteiger partial charge in [-0.15, -0.1) is 0 Å². The lowest BCUT2D eigenvalue weighted by Gasteiger charge is -2.38. The summed E-state index contributed by atoms with van der Waals surface area (Å²) in [5, 5.41) is 26.7. The van der Waals surface area contributed by atoms with Crippen molar-refractivity contribution in [2.45, 2.75) is 57.3 Å². The molecule has 3 N–H and O–H groups in total. The van der Waals surface area contributed by atoms with E-state index >= 15 is 0 Å². The molecule has 0 bridgehead atoms. The second-order valence-electron chi connectivity index (χ2n) is 9.73. The topological polar surface area (TPSA) is 111 Å². The second kappa shape index (κ2) is 11.1. The number of aliphatic hydroxyl groups excluding tert-OH is 1. The fraction of sp³-hybridized carbons (Fsp3) is 0.667. The van der Waals surface area contributed by atoms with Crippen LogP contribution in [0.2, 0.25) is 0 Å². The highest BCUT2D eigenvalue weighted by molar-refractivity contribution is 5.97. The normalized spacial score (nSPS) is 24.3. The number of aromatic hydroxyl groups is 1. The largest absolute Gasteiger partial charge is 0.507 e. The number of amides is 1. The molecular formula is C24H33F3N2O6. The third kappa shape index (κ3) is 6.86. The number of carboxylic acid groups (broad SMARTS) is 1. The number of aliphatic carboxylic acids is 1. The van der Waals surface area contributed by atoms with Crippen molar-refractivity contribution >= 4 is 11.9 Å². The number of phenolic OH excluding ortho intramolecular Hbond substituents is 1. The van der Waals surface area contributed by atoms with E-state index in [1.54, 1.807) is 12.1 Å². The van der Waals surface area contributed by atoms with E-state index in [1.165, 1.54) is 0 Å². The van der Waals surface area contributed by atoms with Gasteiger partial charge in [0.25, 0.3) is 5.91 Å². The number of hydrogen-bond acceptors (Lipinski definition) is 6. The Morgan fingerprint density at radius 1 is 1.20 bits per heavy atom. The highest BCUT2D eigenvalue weighted by atomic mass is 19.4. The summed E-state index contributed by atoms with van der Waals surface area (Å²) in [6, 6.07) is 5.47. The third-order valence-corrected chi connectivity index (χ3v) is 7.17. The molecule has 3 aliphatic rings. The number of benzene rings is 1. The summed E-state index contributed by atoms with van der Waals surface area (Å²) in [5.74, 6) is -2.77. The first-order valence-corrected chi connectivity index (χ1v) is 11.8. The number of halogens is 3. The molecule has 3 heterocycles. The predicted octanol–water partition coefficient (Wildman–Crippen LogP) is 2.80. The number of hydrogen-bond donors (Lipinski definition) is 3. The minimum atomic E-state index is -5.08. The van der Waals surface area contributed by atoms with Gasteiger partial charge in [-0.2, -0.15) is 13.2 Å². The Hall–Kier alpha value is -2.37. The molecule has 1 unspecified atom stereocenters. The van der Waals surface area contributed by atoms with Crippen molar-refractivity contribution in [3.05, 3.63) is 29.3 Å². The number of aliphatic hydroxyl groups is 1. The summed E-state index contributed by atoms with van der Waals surface area (Å²) in [6.45, 7) is 6.33. The Morgan fingerprint density at radius 2 is 1.86 bits per heavy atom. The first-order chi connectivity index (χ1) is 16.4. The van der Waals surface area contributed by atoms with Crippen molar-refractivity contribution in [3.8, 4) is 5.75 Å².